The highest BCUT2D eigenvalue weighted by molar-refractivity contribution is 5.50. The number of nitrogens with two attached hydrogens (primary N) is 2. The number of unbranched alkanes of at least 4 members (excludes halogenated alkanes) is 13. The van der Waals surface area contributed by atoms with Crippen LogP contribution < -0.4 is 11.5 Å². The normalized spacial score (nSPS) is 11.3. The highest BCUT2D eigenvalue weighted by Crippen LogP contribution is 2.21. The predicted octanol–water partition coefficient (Wildman–Crippen LogP) is 12.4. The molecule has 0 unspecified atom stereocenters. The second kappa shape index (κ2) is 21.5. The van der Waals surface area contributed by atoms with Gasteiger partial charge in [0, 0.05) is 11.4 Å². The molecular formula is C46H64N2. The Morgan fingerprint density at radius 2 is 0.604 bits per heavy atom. The van der Waals surface area contributed by atoms with Crippen LogP contribution in [0.3, 0.4) is 0 Å². The predicted molar refractivity (Wildman–Crippen MR) is 211 cm³/mol. The summed E-state index contributed by atoms with van der Waals surface area (Å²) in [4.78, 5) is 0. The van der Waals surface area contributed by atoms with E-state index in [1.54, 1.807) is 0 Å². The standard InChI is InChI=1S/C46H64N2/c1-3-43-35-41(29-31-45(43)47)33-39-25-21-37(22-26-39)19-17-15-13-11-9-7-5-6-8-10-12-14-16-18-20-38-23-27-40(28-24-38)34-42-30-32-46(48)44(4-2)36-42/h21-32,35-36H,3-20,33-34,47-48H2,1-2H3. The van der Waals surface area contributed by atoms with Crippen LogP contribution in [0.25, 0.3) is 0 Å². The number of hydrogen-bond acceptors (Lipinski definition) is 2. The Balaban J connectivity index is 0.922. The van der Waals surface area contributed by atoms with Crippen molar-refractivity contribution in [2.75, 3.05) is 11.5 Å². The molecule has 4 N–H and O–H groups in total. The largest absolute Gasteiger partial charge is 0.399 e. The molecule has 0 aliphatic rings. The van der Waals surface area contributed by atoms with Crippen LogP contribution in [0.4, 0.5) is 11.4 Å². The Hall–Kier alpha value is -3.52. The van der Waals surface area contributed by atoms with Gasteiger partial charge in [0.1, 0.15) is 0 Å². The van der Waals surface area contributed by atoms with Crippen LogP contribution in [-0.4, -0.2) is 0 Å². The molecule has 2 heteroatoms. The fourth-order valence-corrected chi connectivity index (χ4v) is 7.05. The molecule has 0 spiro atoms. The zero-order valence-corrected chi connectivity index (χ0v) is 30.4. The molecular weight excluding hydrogens is 581 g/mol. The maximum Gasteiger partial charge on any atom is 0.0346 e. The molecule has 0 saturated heterocycles. The maximum atomic E-state index is 6.07. The number of aryl methyl sites for hydroxylation is 4. The SMILES string of the molecule is CCc1cc(Cc2ccc(CCCCCCCCCCCCCCCCc3ccc(Cc4ccc(N)c(CC)c4)cc3)cc2)ccc1N. The van der Waals surface area contributed by atoms with Crippen LogP contribution in [0, 0.1) is 0 Å². The number of nitrogen functional groups attached to an aromatic ring is 2. The van der Waals surface area contributed by atoms with Crippen LogP contribution >= 0.6 is 0 Å². The molecule has 48 heavy (non-hydrogen) atoms. The van der Waals surface area contributed by atoms with Gasteiger partial charge in [-0.1, -0.05) is 164 Å². The van der Waals surface area contributed by atoms with Gasteiger partial charge in [0.25, 0.3) is 0 Å². The molecule has 0 aromatic heterocycles. The van der Waals surface area contributed by atoms with Gasteiger partial charge in [0.15, 0.2) is 0 Å². The van der Waals surface area contributed by atoms with Crippen LogP contribution in [0.5, 0.6) is 0 Å². The van der Waals surface area contributed by atoms with E-state index in [9.17, 15) is 0 Å². The van der Waals surface area contributed by atoms with Crippen molar-refractivity contribution in [3.8, 4) is 0 Å². The van der Waals surface area contributed by atoms with Crippen LogP contribution in [0.15, 0.2) is 84.9 Å². The number of hydrogen-bond donors (Lipinski definition) is 2. The summed E-state index contributed by atoms with van der Waals surface area (Å²) < 4.78 is 0. The van der Waals surface area contributed by atoms with E-state index >= 15 is 0 Å². The van der Waals surface area contributed by atoms with Gasteiger partial charge >= 0.3 is 0 Å². The van der Waals surface area contributed by atoms with Crippen molar-refractivity contribution in [3.05, 3.63) is 129 Å². The van der Waals surface area contributed by atoms with Gasteiger partial charge in [-0.05, 0) is 108 Å². The average molecular weight is 645 g/mol. The van der Waals surface area contributed by atoms with Crippen molar-refractivity contribution in [3.63, 3.8) is 0 Å². The lowest BCUT2D eigenvalue weighted by Crippen LogP contribution is -1.96. The summed E-state index contributed by atoms with van der Waals surface area (Å²) >= 11 is 0. The summed E-state index contributed by atoms with van der Waals surface area (Å²) in [5, 5.41) is 0. The third kappa shape index (κ3) is 13.5. The van der Waals surface area contributed by atoms with Gasteiger partial charge in [0.05, 0.1) is 0 Å². The van der Waals surface area contributed by atoms with Gasteiger partial charge in [-0.3, -0.25) is 0 Å². The molecule has 258 valence electrons. The quantitative estimate of drug-likeness (QED) is 0.0623. The summed E-state index contributed by atoms with van der Waals surface area (Å²) in [6.07, 6.45) is 25.9. The summed E-state index contributed by atoms with van der Waals surface area (Å²) in [5.41, 5.74) is 24.9. The van der Waals surface area contributed by atoms with E-state index in [1.807, 2.05) is 0 Å². The van der Waals surface area contributed by atoms with Crippen molar-refractivity contribution in [2.24, 2.45) is 0 Å². The Kier molecular flexibility index (Phi) is 16.7. The monoisotopic (exact) mass is 645 g/mol. The minimum absolute atomic E-state index is 0.913. The third-order valence-corrected chi connectivity index (χ3v) is 10.2. The summed E-state index contributed by atoms with van der Waals surface area (Å²) in [6, 6.07) is 31.5. The molecule has 0 aliphatic heterocycles. The minimum atomic E-state index is 0.913. The fraction of sp³-hybridized carbons (Fsp3) is 0.478. The van der Waals surface area contributed by atoms with E-state index in [-0.39, 0.29) is 0 Å². The molecule has 2 nitrogen and oxygen atoms in total. The maximum absolute atomic E-state index is 6.07. The molecule has 4 rings (SSSR count). The van der Waals surface area contributed by atoms with Crippen molar-refractivity contribution in [1.29, 1.82) is 0 Å². The van der Waals surface area contributed by atoms with E-state index < -0.39 is 0 Å². The van der Waals surface area contributed by atoms with Crippen molar-refractivity contribution in [1.82, 2.24) is 0 Å². The van der Waals surface area contributed by atoms with Crippen molar-refractivity contribution < 1.29 is 0 Å². The lowest BCUT2D eigenvalue weighted by Gasteiger charge is -2.08. The lowest BCUT2D eigenvalue weighted by atomic mass is 9.98. The molecule has 0 atom stereocenters. The van der Waals surface area contributed by atoms with Gasteiger partial charge in [-0.25, -0.2) is 0 Å². The Morgan fingerprint density at radius 1 is 0.333 bits per heavy atom. The fourth-order valence-electron chi connectivity index (χ4n) is 7.05. The molecule has 0 amide bonds. The van der Waals surface area contributed by atoms with E-state index in [0.717, 1.165) is 37.1 Å². The first-order valence-corrected chi connectivity index (χ1v) is 19.4. The summed E-state index contributed by atoms with van der Waals surface area (Å²) in [6.45, 7) is 4.34. The first kappa shape index (κ1) is 37.3. The smallest absolute Gasteiger partial charge is 0.0346 e. The van der Waals surface area contributed by atoms with Crippen LogP contribution in [0.2, 0.25) is 0 Å². The lowest BCUT2D eigenvalue weighted by molar-refractivity contribution is 0.533. The van der Waals surface area contributed by atoms with Crippen LogP contribution in [-0.2, 0) is 38.5 Å². The first-order chi connectivity index (χ1) is 23.5. The second-order valence-electron chi connectivity index (χ2n) is 14.2. The van der Waals surface area contributed by atoms with E-state index in [1.165, 1.54) is 147 Å². The molecule has 0 aliphatic carbocycles. The highest BCUT2D eigenvalue weighted by atomic mass is 14.6. The Morgan fingerprint density at radius 3 is 0.917 bits per heavy atom. The zero-order valence-electron chi connectivity index (χ0n) is 30.4. The van der Waals surface area contributed by atoms with Crippen LogP contribution in [0.1, 0.15) is 148 Å². The van der Waals surface area contributed by atoms with Gasteiger partial charge in [-0.15, -0.1) is 0 Å². The molecule has 0 bridgehead atoms. The molecule has 0 radical (unpaired) electrons. The van der Waals surface area contributed by atoms with E-state index in [0.29, 0.717) is 0 Å². The molecule has 0 fully saturated rings. The molecule has 4 aromatic rings. The average Bonchev–Trinajstić information content (AvgIpc) is 3.11. The summed E-state index contributed by atoms with van der Waals surface area (Å²) in [7, 11) is 0. The number of benzene rings is 4. The molecule has 4 aromatic carbocycles. The molecule has 0 saturated carbocycles. The minimum Gasteiger partial charge on any atom is -0.399 e. The Bertz CT molecular complexity index is 1340. The Labute approximate surface area is 293 Å². The number of rotatable bonds is 23. The zero-order chi connectivity index (χ0) is 33.8. The number of anilines is 2. The van der Waals surface area contributed by atoms with Gasteiger partial charge in [0.2, 0.25) is 0 Å². The third-order valence-electron chi connectivity index (χ3n) is 10.2. The first-order valence-electron chi connectivity index (χ1n) is 19.4. The molecule has 0 heterocycles. The van der Waals surface area contributed by atoms with Gasteiger partial charge in [-0.2, -0.15) is 0 Å². The van der Waals surface area contributed by atoms with Crippen molar-refractivity contribution >= 4 is 11.4 Å². The van der Waals surface area contributed by atoms with Crippen molar-refractivity contribution in [2.45, 2.75) is 142 Å². The second-order valence-corrected chi connectivity index (χ2v) is 14.2. The highest BCUT2D eigenvalue weighted by Gasteiger charge is 2.04. The van der Waals surface area contributed by atoms with E-state index in [2.05, 4.69) is 98.8 Å². The summed E-state index contributed by atoms with van der Waals surface area (Å²) in [5.74, 6) is 0. The van der Waals surface area contributed by atoms with E-state index in [4.69, 9.17) is 11.5 Å². The van der Waals surface area contributed by atoms with Gasteiger partial charge < -0.3 is 11.5 Å². The topological polar surface area (TPSA) is 52.0 Å².